The number of hydrogen-bond acceptors (Lipinski definition) is 1. The lowest BCUT2D eigenvalue weighted by Crippen LogP contribution is -1.93. The van der Waals surface area contributed by atoms with E-state index in [-0.39, 0.29) is 0 Å². The number of allylic oxidation sites excluding steroid dienone is 2. The van der Waals surface area contributed by atoms with Gasteiger partial charge in [0.15, 0.2) is 0 Å². The molecule has 1 aliphatic rings. The fourth-order valence-electron chi connectivity index (χ4n) is 1.52. The second-order valence-electron chi connectivity index (χ2n) is 3.65. The van der Waals surface area contributed by atoms with Gasteiger partial charge < -0.3 is 0 Å². The summed E-state index contributed by atoms with van der Waals surface area (Å²) in [5.74, 6) is 0.627. The van der Waals surface area contributed by atoms with Crippen LogP contribution in [0.1, 0.15) is 30.7 Å². The minimum absolute atomic E-state index is 0.627. The molecule has 0 bridgehead atoms. The highest BCUT2D eigenvalue weighted by Gasteiger charge is 2.07. The van der Waals surface area contributed by atoms with Gasteiger partial charge in [0.1, 0.15) is 0 Å². The molecule has 0 nitrogen and oxygen atoms in total. The Hall–Kier alpha value is -1.04. The minimum atomic E-state index is 0.627. The van der Waals surface area contributed by atoms with Crippen LogP contribution >= 0.6 is 11.3 Å². The predicted octanol–water partition coefficient (Wildman–Crippen LogP) is 4.36. The molecule has 0 aliphatic heterocycles. The normalized spacial score (nSPS) is 16.0. The quantitative estimate of drug-likeness (QED) is 0.625. The summed E-state index contributed by atoms with van der Waals surface area (Å²) in [6.45, 7) is 4.49. The number of thiophene rings is 1. The highest BCUT2D eigenvalue weighted by atomic mass is 32.1. The van der Waals surface area contributed by atoms with E-state index in [9.17, 15) is 0 Å². The Morgan fingerprint density at radius 1 is 1.43 bits per heavy atom. The third kappa shape index (κ3) is 1.75. The van der Waals surface area contributed by atoms with Gasteiger partial charge in [0.2, 0.25) is 0 Å². The van der Waals surface area contributed by atoms with E-state index in [1.807, 2.05) is 0 Å². The Bertz CT molecular complexity index is 414. The maximum Gasteiger partial charge on any atom is 0.0419 e. The molecule has 1 unspecified atom stereocenters. The molecular weight excluding hydrogens is 188 g/mol. The van der Waals surface area contributed by atoms with Crippen molar-refractivity contribution in [2.24, 2.45) is 5.92 Å². The first kappa shape index (κ1) is 9.51. The lowest BCUT2D eigenvalue weighted by atomic mass is 9.97. The fourth-order valence-corrected chi connectivity index (χ4v) is 2.28. The summed E-state index contributed by atoms with van der Waals surface area (Å²) in [6, 6.07) is 2.18. The fraction of sp³-hybridized carbons (Fsp3) is 0.308. The lowest BCUT2D eigenvalue weighted by Gasteiger charge is -2.08. The molecule has 1 heteroatoms. The predicted molar refractivity (Wildman–Crippen MR) is 64.3 cm³/mol. The number of rotatable bonds is 2. The first-order chi connectivity index (χ1) is 6.81. The van der Waals surface area contributed by atoms with E-state index >= 15 is 0 Å². The van der Waals surface area contributed by atoms with Crippen LogP contribution in [-0.4, -0.2) is 0 Å². The van der Waals surface area contributed by atoms with Crippen molar-refractivity contribution in [2.75, 3.05) is 0 Å². The van der Waals surface area contributed by atoms with Crippen LogP contribution in [0.4, 0.5) is 0 Å². The lowest BCUT2D eigenvalue weighted by molar-refractivity contribution is 0.674. The summed E-state index contributed by atoms with van der Waals surface area (Å²) in [4.78, 5) is 1.32. The van der Waals surface area contributed by atoms with Crippen molar-refractivity contribution in [1.82, 2.24) is 0 Å². The summed E-state index contributed by atoms with van der Waals surface area (Å²) in [5, 5.41) is 2.14. The molecule has 2 rings (SSSR count). The van der Waals surface area contributed by atoms with Gasteiger partial charge in [-0.2, -0.15) is 0 Å². The minimum Gasteiger partial charge on any atom is -0.143 e. The van der Waals surface area contributed by atoms with Crippen LogP contribution < -0.4 is 0 Å². The van der Waals surface area contributed by atoms with Gasteiger partial charge in [0, 0.05) is 4.88 Å². The van der Waals surface area contributed by atoms with Gasteiger partial charge in [-0.3, -0.25) is 0 Å². The van der Waals surface area contributed by atoms with E-state index in [2.05, 4.69) is 49.3 Å². The summed E-state index contributed by atoms with van der Waals surface area (Å²) in [6.07, 6.45) is 7.66. The zero-order chi connectivity index (χ0) is 9.97. The van der Waals surface area contributed by atoms with Crippen molar-refractivity contribution in [3.63, 3.8) is 0 Å². The average Bonchev–Trinajstić information content (AvgIpc) is 2.54. The van der Waals surface area contributed by atoms with Crippen molar-refractivity contribution in [3.8, 4) is 0 Å². The highest BCUT2D eigenvalue weighted by Crippen LogP contribution is 2.26. The van der Waals surface area contributed by atoms with Gasteiger partial charge in [-0.15, -0.1) is 17.1 Å². The molecule has 0 fully saturated rings. The Labute approximate surface area is 89.3 Å². The molecule has 1 atom stereocenters. The van der Waals surface area contributed by atoms with Crippen molar-refractivity contribution in [3.05, 3.63) is 39.3 Å². The summed E-state index contributed by atoms with van der Waals surface area (Å²) >= 11 is 1.78. The van der Waals surface area contributed by atoms with Crippen molar-refractivity contribution in [2.45, 2.75) is 20.3 Å². The van der Waals surface area contributed by atoms with Crippen LogP contribution in [0.15, 0.2) is 28.8 Å². The van der Waals surface area contributed by atoms with Crippen molar-refractivity contribution < 1.29 is 0 Å². The zero-order valence-electron chi connectivity index (χ0n) is 8.58. The molecule has 1 aromatic heterocycles. The molecule has 0 saturated carbocycles. The number of hydrogen-bond donors (Lipinski definition) is 0. The van der Waals surface area contributed by atoms with Crippen LogP contribution in [0.5, 0.6) is 0 Å². The Morgan fingerprint density at radius 3 is 3.07 bits per heavy atom. The Balaban J connectivity index is 2.43. The maximum atomic E-state index is 3.25. The van der Waals surface area contributed by atoms with Gasteiger partial charge in [0.25, 0.3) is 0 Å². The van der Waals surface area contributed by atoms with Crippen molar-refractivity contribution in [1.29, 1.82) is 0 Å². The smallest absolute Gasteiger partial charge is 0.0419 e. The molecule has 0 amide bonds. The van der Waals surface area contributed by atoms with Crippen LogP contribution in [0.3, 0.4) is 0 Å². The second-order valence-corrected chi connectivity index (χ2v) is 4.60. The van der Waals surface area contributed by atoms with E-state index in [0.29, 0.717) is 5.92 Å². The van der Waals surface area contributed by atoms with Crippen molar-refractivity contribution >= 4 is 23.5 Å². The van der Waals surface area contributed by atoms with E-state index < -0.39 is 0 Å². The first-order valence-electron chi connectivity index (χ1n) is 5.03. The maximum absolute atomic E-state index is 3.25. The van der Waals surface area contributed by atoms with Crippen LogP contribution in [0.2, 0.25) is 0 Å². The van der Waals surface area contributed by atoms with Gasteiger partial charge in [-0.25, -0.2) is 0 Å². The second kappa shape index (κ2) is 4.00. The molecule has 0 spiro atoms. The molecule has 1 aliphatic carbocycles. The first-order valence-corrected chi connectivity index (χ1v) is 5.90. The average molecular weight is 202 g/mol. The monoisotopic (exact) mass is 202 g/mol. The molecule has 72 valence electrons. The summed E-state index contributed by atoms with van der Waals surface area (Å²) < 4.78 is 0. The van der Waals surface area contributed by atoms with Crippen LogP contribution in [0, 0.1) is 5.92 Å². The zero-order valence-corrected chi connectivity index (χ0v) is 9.40. The summed E-state index contributed by atoms with van der Waals surface area (Å²) in [5.41, 5.74) is 5.98. The Morgan fingerprint density at radius 2 is 2.29 bits per heavy atom. The highest BCUT2D eigenvalue weighted by molar-refractivity contribution is 7.11. The third-order valence-corrected chi connectivity index (χ3v) is 3.57. The van der Waals surface area contributed by atoms with Gasteiger partial charge >= 0.3 is 0 Å². The number of fused-ring (bicyclic) bond motifs is 1. The Kier molecular flexibility index (Phi) is 2.72. The standard InChI is InChI=1S/C13H14S/c1-3-10(2)11-5-4-6-13-12(9-11)7-8-14-13/h5-10H,3H2,1-2H3. The topological polar surface area (TPSA) is 0 Å². The molecular formula is C13H14S. The van der Waals surface area contributed by atoms with Gasteiger partial charge in [0.05, 0.1) is 0 Å². The van der Waals surface area contributed by atoms with Crippen LogP contribution in [0.25, 0.3) is 12.2 Å². The molecule has 1 aromatic rings. The third-order valence-electron chi connectivity index (χ3n) is 2.70. The van der Waals surface area contributed by atoms with E-state index in [1.165, 1.54) is 22.4 Å². The molecule has 0 radical (unpaired) electrons. The van der Waals surface area contributed by atoms with E-state index in [4.69, 9.17) is 0 Å². The molecule has 0 N–H and O–H groups in total. The molecule has 0 saturated heterocycles. The van der Waals surface area contributed by atoms with Gasteiger partial charge in [-0.05, 0) is 53.1 Å². The molecule has 0 aromatic carbocycles. The van der Waals surface area contributed by atoms with Crippen LogP contribution in [-0.2, 0) is 0 Å². The van der Waals surface area contributed by atoms with Gasteiger partial charge in [-0.1, -0.05) is 13.8 Å². The van der Waals surface area contributed by atoms with E-state index in [1.54, 1.807) is 11.3 Å². The summed E-state index contributed by atoms with van der Waals surface area (Å²) in [7, 11) is 0. The van der Waals surface area contributed by atoms with E-state index in [0.717, 1.165) is 0 Å². The molecule has 14 heavy (non-hydrogen) atoms. The molecule has 1 heterocycles. The largest absolute Gasteiger partial charge is 0.143 e. The SMILES string of the molecule is CCC(C)C1=Cc2ccsc2C=C=C1.